The number of unbranched alkanes of at least 4 members (excludes halogenated alkanes) is 3. The average Bonchev–Trinajstić information content (AvgIpc) is 2.80. The zero-order valence-electron chi connectivity index (χ0n) is 17.1. The summed E-state index contributed by atoms with van der Waals surface area (Å²) in [6, 6.07) is 34.3. The van der Waals surface area contributed by atoms with Crippen LogP contribution >= 0.6 is 0 Å². The molecule has 1 atom stereocenters. The zero-order chi connectivity index (χ0) is 20.4. The van der Waals surface area contributed by atoms with E-state index in [2.05, 4.69) is 97.1 Å². The van der Waals surface area contributed by atoms with Crippen LogP contribution in [-0.4, -0.2) is 13.2 Å². The Hall–Kier alpha value is -2.89. The molecule has 0 radical (unpaired) electrons. The Morgan fingerprint density at radius 1 is 0.724 bits per heavy atom. The number of hydrogen-bond donors (Lipinski definition) is 0. The lowest BCUT2D eigenvalue weighted by Gasteiger charge is -2.42. The molecule has 3 aromatic rings. The molecule has 0 aromatic heterocycles. The van der Waals surface area contributed by atoms with Crippen molar-refractivity contribution < 1.29 is 4.74 Å². The first-order valence-electron chi connectivity index (χ1n) is 10.4. The molecule has 0 bridgehead atoms. The van der Waals surface area contributed by atoms with E-state index in [1.54, 1.807) is 0 Å². The molecule has 1 unspecified atom stereocenters. The van der Waals surface area contributed by atoms with Crippen molar-refractivity contribution in [2.45, 2.75) is 43.6 Å². The number of benzene rings is 3. The van der Waals surface area contributed by atoms with Gasteiger partial charge in [0.25, 0.3) is 0 Å². The molecule has 0 aliphatic heterocycles. The molecular weight excluding hydrogens is 354 g/mol. The monoisotopic (exact) mass is 383 g/mol. The highest BCUT2D eigenvalue weighted by atomic mass is 16.5. The summed E-state index contributed by atoms with van der Waals surface area (Å²) in [7, 11) is 1.82. The minimum Gasteiger partial charge on any atom is -0.380 e. The maximum absolute atomic E-state index is 8.82. The van der Waals surface area contributed by atoms with E-state index in [4.69, 9.17) is 10.00 Å². The number of nitrogens with zero attached hydrogens (tertiary/aromatic N) is 1. The van der Waals surface area contributed by atoms with Gasteiger partial charge in [-0.1, -0.05) is 104 Å². The summed E-state index contributed by atoms with van der Waals surface area (Å²) in [5.41, 5.74) is 3.32. The lowest BCUT2D eigenvalue weighted by Crippen LogP contribution is -2.43. The van der Waals surface area contributed by atoms with E-state index >= 15 is 0 Å². The summed E-state index contributed by atoms with van der Waals surface area (Å²) in [6.07, 6.45) is 4.56. The second-order valence-electron chi connectivity index (χ2n) is 7.39. The van der Waals surface area contributed by atoms with E-state index in [9.17, 15) is 0 Å². The SMILES string of the molecule is COC(CCCCCC#N)C(c1ccccc1)(c1ccccc1)c1ccccc1. The van der Waals surface area contributed by atoms with Crippen molar-refractivity contribution in [2.75, 3.05) is 7.11 Å². The van der Waals surface area contributed by atoms with Gasteiger partial charge in [-0.3, -0.25) is 0 Å². The van der Waals surface area contributed by atoms with Gasteiger partial charge < -0.3 is 4.74 Å². The molecule has 0 saturated heterocycles. The highest BCUT2D eigenvalue weighted by molar-refractivity contribution is 5.52. The molecular formula is C27H29NO. The van der Waals surface area contributed by atoms with E-state index in [1.165, 1.54) is 16.7 Å². The lowest BCUT2D eigenvalue weighted by atomic mass is 9.64. The summed E-state index contributed by atoms with van der Waals surface area (Å²) in [5, 5.41) is 8.82. The van der Waals surface area contributed by atoms with E-state index in [0.29, 0.717) is 6.42 Å². The van der Waals surface area contributed by atoms with Gasteiger partial charge in [0.15, 0.2) is 0 Å². The van der Waals surface area contributed by atoms with Gasteiger partial charge in [0, 0.05) is 13.5 Å². The van der Waals surface area contributed by atoms with Crippen molar-refractivity contribution in [3.63, 3.8) is 0 Å². The molecule has 3 rings (SSSR count). The zero-order valence-corrected chi connectivity index (χ0v) is 17.1. The molecule has 0 aliphatic rings. The first kappa shape index (κ1) is 20.8. The van der Waals surface area contributed by atoms with Crippen LogP contribution in [0.4, 0.5) is 0 Å². The molecule has 0 N–H and O–H groups in total. The molecule has 2 heteroatoms. The molecule has 29 heavy (non-hydrogen) atoms. The van der Waals surface area contributed by atoms with Crippen LogP contribution in [0.3, 0.4) is 0 Å². The van der Waals surface area contributed by atoms with Crippen LogP contribution in [0.5, 0.6) is 0 Å². The molecule has 2 nitrogen and oxygen atoms in total. The van der Waals surface area contributed by atoms with Gasteiger partial charge in [-0.25, -0.2) is 0 Å². The Bertz CT molecular complexity index is 787. The van der Waals surface area contributed by atoms with Crippen LogP contribution in [0.25, 0.3) is 0 Å². The molecule has 148 valence electrons. The largest absolute Gasteiger partial charge is 0.380 e. The van der Waals surface area contributed by atoms with Crippen LogP contribution in [0.2, 0.25) is 0 Å². The maximum atomic E-state index is 8.82. The minimum absolute atomic E-state index is 0.0169. The molecule has 0 heterocycles. The number of rotatable bonds is 10. The van der Waals surface area contributed by atoms with E-state index in [1.807, 2.05) is 7.11 Å². The molecule has 0 fully saturated rings. The molecule has 0 aliphatic carbocycles. The van der Waals surface area contributed by atoms with Crippen LogP contribution in [0.15, 0.2) is 91.0 Å². The summed E-state index contributed by atoms with van der Waals surface area (Å²) < 4.78 is 6.22. The number of hydrogen-bond acceptors (Lipinski definition) is 2. The second-order valence-corrected chi connectivity index (χ2v) is 7.39. The van der Waals surface area contributed by atoms with Gasteiger partial charge in [0.1, 0.15) is 0 Å². The summed E-state index contributed by atoms with van der Waals surface area (Å²) in [4.78, 5) is 0. The van der Waals surface area contributed by atoms with Crippen LogP contribution < -0.4 is 0 Å². The van der Waals surface area contributed by atoms with Crippen molar-refractivity contribution in [3.8, 4) is 6.07 Å². The standard InChI is InChI=1S/C27H29NO/c1-29-26(21-13-2-3-14-22-28)27(23-15-7-4-8-16-23,24-17-9-5-10-18-24)25-19-11-6-12-20-25/h4-12,15-20,26H,2-3,13-14,21H2,1H3. The molecule has 0 spiro atoms. The average molecular weight is 384 g/mol. The fraction of sp³-hybridized carbons (Fsp3) is 0.296. The van der Waals surface area contributed by atoms with Gasteiger partial charge >= 0.3 is 0 Å². The smallest absolute Gasteiger partial charge is 0.0749 e. The van der Waals surface area contributed by atoms with E-state index in [-0.39, 0.29) is 6.10 Å². The summed E-state index contributed by atoms with van der Waals surface area (Å²) >= 11 is 0. The van der Waals surface area contributed by atoms with Crippen molar-refractivity contribution in [3.05, 3.63) is 108 Å². The van der Waals surface area contributed by atoms with Gasteiger partial charge in [-0.15, -0.1) is 0 Å². The number of nitriles is 1. The quantitative estimate of drug-likeness (QED) is 0.295. The third kappa shape index (κ3) is 4.58. The predicted molar refractivity (Wildman–Crippen MR) is 119 cm³/mol. The lowest BCUT2D eigenvalue weighted by molar-refractivity contribution is 0.0530. The minimum atomic E-state index is -0.395. The second kappa shape index (κ2) is 10.6. The Labute approximate surface area is 174 Å². The fourth-order valence-electron chi connectivity index (χ4n) is 4.38. The van der Waals surface area contributed by atoms with Gasteiger partial charge in [0.2, 0.25) is 0 Å². The third-order valence-electron chi connectivity index (χ3n) is 5.71. The normalized spacial score (nSPS) is 12.3. The summed E-state index contributed by atoms with van der Waals surface area (Å²) in [6.45, 7) is 0. The number of ether oxygens (including phenoxy) is 1. The highest BCUT2D eigenvalue weighted by Crippen LogP contribution is 2.44. The Kier molecular flexibility index (Phi) is 7.61. The third-order valence-corrected chi connectivity index (χ3v) is 5.71. The van der Waals surface area contributed by atoms with Gasteiger partial charge in [0.05, 0.1) is 17.6 Å². The predicted octanol–water partition coefficient (Wildman–Crippen LogP) is 6.51. The number of methoxy groups -OCH3 is 1. The Morgan fingerprint density at radius 2 is 1.17 bits per heavy atom. The van der Waals surface area contributed by atoms with Crippen LogP contribution in [0, 0.1) is 11.3 Å². The maximum Gasteiger partial charge on any atom is 0.0749 e. The van der Waals surface area contributed by atoms with Crippen molar-refractivity contribution in [1.82, 2.24) is 0 Å². The Morgan fingerprint density at radius 3 is 1.55 bits per heavy atom. The van der Waals surface area contributed by atoms with Gasteiger partial charge in [-0.2, -0.15) is 5.26 Å². The van der Waals surface area contributed by atoms with Crippen molar-refractivity contribution in [2.24, 2.45) is 0 Å². The molecule has 0 saturated carbocycles. The van der Waals surface area contributed by atoms with Crippen molar-refractivity contribution in [1.29, 1.82) is 5.26 Å². The fourth-order valence-corrected chi connectivity index (χ4v) is 4.38. The topological polar surface area (TPSA) is 33.0 Å². The first-order chi connectivity index (χ1) is 14.3. The molecule has 3 aromatic carbocycles. The first-order valence-corrected chi connectivity index (χ1v) is 10.4. The molecule has 0 amide bonds. The van der Waals surface area contributed by atoms with Crippen molar-refractivity contribution >= 4 is 0 Å². The van der Waals surface area contributed by atoms with Gasteiger partial charge in [-0.05, 0) is 29.5 Å². The Balaban J connectivity index is 2.12. The summed E-state index contributed by atoms with van der Waals surface area (Å²) in [5.74, 6) is 0. The van der Waals surface area contributed by atoms with Crippen LogP contribution in [0.1, 0.15) is 48.8 Å². The highest BCUT2D eigenvalue weighted by Gasteiger charge is 2.43. The van der Waals surface area contributed by atoms with E-state index in [0.717, 1.165) is 25.7 Å². The van der Waals surface area contributed by atoms with E-state index < -0.39 is 5.41 Å². The van der Waals surface area contributed by atoms with Crippen LogP contribution in [-0.2, 0) is 10.2 Å².